The van der Waals surface area contributed by atoms with Crippen LogP contribution in [0.25, 0.3) is 152 Å². The van der Waals surface area contributed by atoms with E-state index in [4.69, 9.17) is 0 Å². The monoisotopic (exact) mass is 1340 g/mol. The van der Waals surface area contributed by atoms with Gasteiger partial charge in [-0.1, -0.05) is 267 Å². The molecule has 105 heavy (non-hydrogen) atoms. The summed E-state index contributed by atoms with van der Waals surface area (Å²) in [6, 6.07) is 135. The van der Waals surface area contributed by atoms with E-state index in [1.807, 2.05) is 0 Å². The zero-order chi connectivity index (χ0) is 69.2. The number of hydrogen-bond acceptors (Lipinski definition) is 2. The molecule has 1 aromatic heterocycles. The van der Waals surface area contributed by atoms with Gasteiger partial charge in [0.15, 0.2) is 0 Å². The average molecular weight is 1340 g/mol. The lowest BCUT2D eigenvalue weighted by Gasteiger charge is -2.34. The molecule has 0 amide bonds. The molecule has 0 fully saturated rings. The molecule has 2 aliphatic rings. The van der Waals surface area contributed by atoms with Crippen molar-refractivity contribution in [1.82, 2.24) is 4.57 Å². The third kappa shape index (κ3) is 9.95. The van der Waals surface area contributed by atoms with Gasteiger partial charge in [0.05, 0.1) is 5.69 Å². The number of anilines is 6. The van der Waals surface area contributed by atoms with Crippen LogP contribution in [0.3, 0.4) is 0 Å². The molecule has 492 valence electrons. The number of hydrogen-bond donors (Lipinski definition) is 0. The lowest BCUT2D eigenvalue weighted by Crippen LogP contribution is -2.18. The third-order valence-electron chi connectivity index (χ3n) is 22.8. The fourth-order valence-corrected chi connectivity index (χ4v) is 17.9. The molecule has 3 heterocycles. The summed E-state index contributed by atoms with van der Waals surface area (Å²) in [5, 5.41) is 22.7. The standard InChI is InChI=1S/C61H42N2.C41H27N/c1-2-21-50(22-3-1)62-58-25-13-10-20-46(58)36-49-37-53-55(39-59(49)62)60(47-30-26-40-14-4-6-18-44(40)34-47)52-33-32-51(38-54(52)61(53)48-31-27-41-15-5-7-19-45(41)35-48)63-56-23-11-8-16-42(56)28-29-43-17-9-12-24-57(43)63;1-42-38-17-9-8-14-32(38)35-24-36-37(25-39(35)42)41(31-21-19-27-11-3-5-13-29(27)23-31)34-16-7-6-15-33(34)40(36)30-20-18-26-10-2-4-12-28(26)22-30/h1-27,30-35,37-39H,28-29,36H2;2-25H,1H3. The summed E-state index contributed by atoms with van der Waals surface area (Å²) in [6.45, 7) is 0. The van der Waals surface area contributed by atoms with Gasteiger partial charge >= 0.3 is 0 Å². The number of nitrogens with zero attached hydrogens (tertiary/aromatic N) is 3. The molecule has 0 atom stereocenters. The number of aryl methyl sites for hydroxylation is 3. The van der Waals surface area contributed by atoms with Crippen LogP contribution in [-0.2, 0) is 26.3 Å². The van der Waals surface area contributed by atoms with E-state index in [2.05, 4.69) is 385 Å². The Labute approximate surface area is 609 Å². The van der Waals surface area contributed by atoms with Crippen LogP contribution in [0.2, 0.25) is 0 Å². The summed E-state index contributed by atoms with van der Waals surface area (Å²) < 4.78 is 2.35. The fraction of sp³-hybridized carbons (Fsp3) is 0.0392. The van der Waals surface area contributed by atoms with Crippen LogP contribution in [0, 0.1) is 0 Å². The lowest BCUT2D eigenvalue weighted by atomic mass is 9.82. The van der Waals surface area contributed by atoms with E-state index in [1.54, 1.807) is 0 Å². The Morgan fingerprint density at radius 2 is 0.571 bits per heavy atom. The van der Waals surface area contributed by atoms with Crippen molar-refractivity contribution in [3.8, 4) is 44.5 Å². The lowest BCUT2D eigenvalue weighted by molar-refractivity contribution is 0.977. The van der Waals surface area contributed by atoms with Gasteiger partial charge in [0, 0.05) is 63.7 Å². The van der Waals surface area contributed by atoms with Gasteiger partial charge in [0.25, 0.3) is 0 Å². The maximum absolute atomic E-state index is 2.54. The van der Waals surface area contributed by atoms with Crippen LogP contribution >= 0.6 is 0 Å². The summed E-state index contributed by atoms with van der Waals surface area (Å²) in [4.78, 5) is 5.00. The zero-order valence-electron chi connectivity index (χ0n) is 58.1. The maximum atomic E-state index is 2.54. The highest BCUT2D eigenvalue weighted by atomic mass is 15.2. The van der Waals surface area contributed by atoms with E-state index >= 15 is 0 Å². The maximum Gasteiger partial charge on any atom is 0.0503 e. The third-order valence-corrected chi connectivity index (χ3v) is 22.8. The van der Waals surface area contributed by atoms with Crippen LogP contribution in [0.4, 0.5) is 34.1 Å². The number of fused-ring (bicyclic) bond motifs is 15. The van der Waals surface area contributed by atoms with Crippen molar-refractivity contribution in [1.29, 1.82) is 0 Å². The van der Waals surface area contributed by atoms with Gasteiger partial charge in [-0.25, -0.2) is 0 Å². The minimum absolute atomic E-state index is 0.854. The second-order valence-electron chi connectivity index (χ2n) is 28.6. The molecule has 0 saturated carbocycles. The first-order valence-electron chi connectivity index (χ1n) is 36.8. The first kappa shape index (κ1) is 60.4. The fourth-order valence-electron chi connectivity index (χ4n) is 17.9. The van der Waals surface area contributed by atoms with Crippen molar-refractivity contribution < 1.29 is 0 Å². The quantitative estimate of drug-likeness (QED) is 0.154. The van der Waals surface area contributed by atoms with Gasteiger partial charge < -0.3 is 14.4 Å². The van der Waals surface area contributed by atoms with Gasteiger partial charge in [-0.15, -0.1) is 0 Å². The van der Waals surface area contributed by atoms with E-state index in [9.17, 15) is 0 Å². The minimum Gasteiger partial charge on any atom is -0.344 e. The van der Waals surface area contributed by atoms with Crippen molar-refractivity contribution in [2.75, 3.05) is 9.80 Å². The highest BCUT2D eigenvalue weighted by molar-refractivity contribution is 6.27. The van der Waals surface area contributed by atoms with Gasteiger partial charge in [-0.2, -0.15) is 0 Å². The van der Waals surface area contributed by atoms with E-state index in [1.165, 1.54) is 197 Å². The second kappa shape index (κ2) is 24.4. The molecule has 0 bridgehead atoms. The Morgan fingerprint density at radius 1 is 0.200 bits per heavy atom. The molecule has 0 N–H and O–H groups in total. The Balaban J connectivity index is 0.000000147. The van der Waals surface area contributed by atoms with Crippen molar-refractivity contribution in [3.63, 3.8) is 0 Å². The second-order valence-corrected chi connectivity index (χ2v) is 28.6. The van der Waals surface area contributed by atoms with Gasteiger partial charge in [-0.05, 0) is 263 Å². The predicted octanol–water partition coefficient (Wildman–Crippen LogP) is 27.9. The van der Waals surface area contributed by atoms with Crippen molar-refractivity contribution in [2.24, 2.45) is 7.05 Å². The Morgan fingerprint density at radius 3 is 1.10 bits per heavy atom. The summed E-state index contributed by atoms with van der Waals surface area (Å²) in [7, 11) is 2.19. The molecule has 0 radical (unpaired) electrons. The molecule has 22 rings (SSSR count). The molecular weight excluding hydrogens is 1270 g/mol. The van der Waals surface area contributed by atoms with Crippen molar-refractivity contribution >= 4 is 142 Å². The molecule has 19 aromatic carbocycles. The Kier molecular flexibility index (Phi) is 14.1. The average Bonchev–Trinajstić information content (AvgIpc) is 1.57. The Bertz CT molecular complexity index is 6930. The summed E-state index contributed by atoms with van der Waals surface area (Å²) >= 11 is 0. The van der Waals surface area contributed by atoms with Crippen LogP contribution in [-0.4, -0.2) is 4.57 Å². The molecule has 0 unspecified atom stereocenters. The molecule has 3 heteroatoms. The first-order chi connectivity index (χ1) is 52.0. The number of aromatic nitrogens is 1. The molecule has 2 aliphatic heterocycles. The predicted molar refractivity (Wildman–Crippen MR) is 448 cm³/mol. The van der Waals surface area contributed by atoms with Crippen molar-refractivity contribution in [2.45, 2.75) is 19.3 Å². The Hall–Kier alpha value is -13.3. The molecule has 0 saturated heterocycles. The molecule has 0 aliphatic carbocycles. The first-order valence-corrected chi connectivity index (χ1v) is 36.8. The normalized spacial score (nSPS) is 12.7. The smallest absolute Gasteiger partial charge is 0.0503 e. The largest absolute Gasteiger partial charge is 0.344 e. The highest BCUT2D eigenvalue weighted by Crippen LogP contribution is 2.54. The van der Waals surface area contributed by atoms with Crippen LogP contribution in [0.1, 0.15) is 22.3 Å². The summed E-state index contributed by atoms with van der Waals surface area (Å²) in [5.41, 5.74) is 25.2. The van der Waals surface area contributed by atoms with Crippen LogP contribution in [0.5, 0.6) is 0 Å². The van der Waals surface area contributed by atoms with Gasteiger partial charge in [0.2, 0.25) is 0 Å². The molecular formula is C102H69N3. The number of para-hydroxylation sites is 5. The van der Waals surface area contributed by atoms with Gasteiger partial charge in [0.1, 0.15) is 0 Å². The minimum atomic E-state index is 0.854. The van der Waals surface area contributed by atoms with Crippen molar-refractivity contribution in [3.05, 3.63) is 386 Å². The van der Waals surface area contributed by atoms with E-state index in [0.29, 0.717) is 0 Å². The zero-order valence-corrected chi connectivity index (χ0v) is 58.1. The van der Waals surface area contributed by atoms with E-state index in [0.717, 1.165) is 30.6 Å². The van der Waals surface area contributed by atoms with E-state index in [-0.39, 0.29) is 0 Å². The van der Waals surface area contributed by atoms with E-state index < -0.39 is 0 Å². The SMILES string of the molecule is Cn1c2ccccc2c2cc3c(-c4ccc5ccccc5c4)c4ccccc4c(-c4ccc5ccccc5c4)c3cc21.c1ccc(N2c3ccccc3Cc3cc4c(-c5ccc6ccccc6c5)c5cc(N6c7ccccc7CCc7ccccc76)ccc5c(-c5ccc6ccccc6c5)c4cc32)cc1. The number of rotatable bonds is 6. The molecule has 3 nitrogen and oxygen atoms in total. The topological polar surface area (TPSA) is 11.4 Å². The van der Waals surface area contributed by atoms with Crippen LogP contribution in [0.15, 0.2) is 364 Å². The highest BCUT2D eigenvalue weighted by Gasteiger charge is 2.30. The summed E-state index contributed by atoms with van der Waals surface area (Å²) in [6.07, 6.45) is 2.86. The number of benzene rings is 19. The summed E-state index contributed by atoms with van der Waals surface area (Å²) in [5.74, 6) is 0. The van der Waals surface area contributed by atoms with Gasteiger partial charge in [-0.3, -0.25) is 0 Å². The van der Waals surface area contributed by atoms with Crippen LogP contribution < -0.4 is 9.80 Å². The molecule has 20 aromatic rings. The molecule has 0 spiro atoms.